The highest BCUT2D eigenvalue weighted by molar-refractivity contribution is 6.33. The zero-order valence-corrected chi connectivity index (χ0v) is 10.3. The van der Waals surface area contributed by atoms with Crippen LogP contribution in [0, 0.1) is 5.82 Å². The molecule has 0 radical (unpaired) electrons. The Hall–Kier alpha value is -1.74. The lowest BCUT2D eigenvalue weighted by Crippen LogP contribution is -1.95. The van der Waals surface area contributed by atoms with Gasteiger partial charge in [-0.1, -0.05) is 29.8 Å². The summed E-state index contributed by atoms with van der Waals surface area (Å²) < 4.78 is 19.1. The van der Waals surface area contributed by atoms with Crippen LogP contribution in [0.5, 0.6) is 5.75 Å². The second kappa shape index (κ2) is 4.18. The monoisotopic (exact) mass is 263 g/mol. The molecule has 1 aliphatic heterocycles. The molecule has 1 heterocycles. The third kappa shape index (κ3) is 1.71. The van der Waals surface area contributed by atoms with Gasteiger partial charge in [-0.05, 0) is 17.7 Å². The van der Waals surface area contributed by atoms with Gasteiger partial charge in [0, 0.05) is 17.5 Å². The molecular formula is C14H11ClFNO. The number of hydrogen-bond acceptors (Lipinski definition) is 2. The van der Waals surface area contributed by atoms with Crippen molar-refractivity contribution < 1.29 is 9.13 Å². The zero-order valence-electron chi connectivity index (χ0n) is 9.54. The van der Waals surface area contributed by atoms with Crippen LogP contribution in [0.15, 0.2) is 30.3 Å². The smallest absolute Gasteiger partial charge is 0.130 e. The molecular weight excluding hydrogens is 253 g/mol. The first-order valence-corrected chi connectivity index (χ1v) is 6.04. The summed E-state index contributed by atoms with van der Waals surface area (Å²) in [6.07, 6.45) is 0.867. The van der Waals surface area contributed by atoms with Crippen LogP contribution in [0.2, 0.25) is 5.02 Å². The van der Waals surface area contributed by atoms with E-state index in [2.05, 4.69) is 0 Å². The van der Waals surface area contributed by atoms with Crippen molar-refractivity contribution in [2.75, 3.05) is 12.3 Å². The molecule has 3 rings (SSSR count). The number of para-hydroxylation sites is 1. The maximum Gasteiger partial charge on any atom is 0.130 e. The summed E-state index contributed by atoms with van der Waals surface area (Å²) in [4.78, 5) is 0. The Kier molecular flexibility index (Phi) is 2.63. The van der Waals surface area contributed by atoms with E-state index in [1.165, 1.54) is 12.1 Å². The van der Waals surface area contributed by atoms with E-state index in [0.29, 0.717) is 17.9 Å². The molecule has 1 aliphatic rings. The minimum atomic E-state index is -0.403. The van der Waals surface area contributed by atoms with Crippen molar-refractivity contribution in [3.05, 3.63) is 46.7 Å². The van der Waals surface area contributed by atoms with Gasteiger partial charge in [0.25, 0.3) is 0 Å². The Morgan fingerprint density at radius 3 is 2.89 bits per heavy atom. The van der Waals surface area contributed by atoms with E-state index in [-0.39, 0.29) is 5.02 Å². The fourth-order valence-corrected chi connectivity index (χ4v) is 2.44. The largest absolute Gasteiger partial charge is 0.492 e. The van der Waals surface area contributed by atoms with E-state index in [1.807, 2.05) is 18.2 Å². The third-order valence-corrected chi connectivity index (χ3v) is 3.41. The molecule has 0 unspecified atom stereocenters. The maximum atomic E-state index is 13.5. The molecule has 0 bridgehead atoms. The Labute approximate surface area is 109 Å². The standard InChI is InChI=1S/C14H11ClFNO/c15-12-7-9(16)6-11(13(12)17)10-3-1-2-8-4-5-18-14(8)10/h1-3,6-7H,4-5,17H2. The number of hydrogen-bond donors (Lipinski definition) is 1. The van der Waals surface area contributed by atoms with Gasteiger partial charge in [0.2, 0.25) is 0 Å². The van der Waals surface area contributed by atoms with E-state index in [4.69, 9.17) is 22.1 Å². The summed E-state index contributed by atoms with van der Waals surface area (Å²) in [5.74, 6) is 0.380. The highest BCUT2D eigenvalue weighted by Crippen LogP contribution is 2.41. The second-order valence-corrected chi connectivity index (χ2v) is 4.65. The van der Waals surface area contributed by atoms with Crippen LogP contribution in [0.1, 0.15) is 5.56 Å². The fourth-order valence-electron chi connectivity index (χ4n) is 2.23. The number of anilines is 1. The van der Waals surface area contributed by atoms with Gasteiger partial charge in [-0.2, -0.15) is 0 Å². The molecule has 0 atom stereocenters. The quantitative estimate of drug-likeness (QED) is 0.797. The molecule has 18 heavy (non-hydrogen) atoms. The molecule has 92 valence electrons. The maximum absolute atomic E-state index is 13.5. The lowest BCUT2D eigenvalue weighted by molar-refractivity contribution is 0.358. The predicted octanol–water partition coefficient (Wildman–Crippen LogP) is 3.66. The molecule has 0 aromatic heterocycles. The van der Waals surface area contributed by atoms with Gasteiger partial charge in [0.15, 0.2) is 0 Å². The van der Waals surface area contributed by atoms with Crippen LogP contribution in [-0.2, 0) is 6.42 Å². The van der Waals surface area contributed by atoms with Crippen molar-refractivity contribution in [2.45, 2.75) is 6.42 Å². The summed E-state index contributed by atoms with van der Waals surface area (Å²) >= 11 is 5.91. The fraction of sp³-hybridized carbons (Fsp3) is 0.143. The van der Waals surface area contributed by atoms with Crippen molar-refractivity contribution in [1.82, 2.24) is 0 Å². The number of halogens is 2. The van der Waals surface area contributed by atoms with Gasteiger partial charge in [-0.25, -0.2) is 4.39 Å². The molecule has 0 amide bonds. The Morgan fingerprint density at radius 2 is 2.06 bits per heavy atom. The average molecular weight is 264 g/mol. The third-order valence-electron chi connectivity index (χ3n) is 3.10. The molecule has 2 aromatic rings. The minimum Gasteiger partial charge on any atom is -0.492 e. The minimum absolute atomic E-state index is 0.223. The summed E-state index contributed by atoms with van der Waals surface area (Å²) in [5.41, 5.74) is 8.80. The van der Waals surface area contributed by atoms with Gasteiger partial charge < -0.3 is 10.5 Å². The lowest BCUT2D eigenvalue weighted by Gasteiger charge is -2.11. The van der Waals surface area contributed by atoms with Crippen molar-refractivity contribution in [3.63, 3.8) is 0 Å². The summed E-state index contributed by atoms with van der Waals surface area (Å²) in [6.45, 7) is 0.648. The van der Waals surface area contributed by atoms with Crippen LogP contribution in [0.4, 0.5) is 10.1 Å². The number of fused-ring (bicyclic) bond motifs is 1. The number of nitrogen functional groups attached to an aromatic ring is 1. The van der Waals surface area contributed by atoms with Gasteiger partial charge in [-0.3, -0.25) is 0 Å². The first-order valence-electron chi connectivity index (χ1n) is 5.66. The van der Waals surface area contributed by atoms with Crippen LogP contribution < -0.4 is 10.5 Å². The SMILES string of the molecule is Nc1c(Cl)cc(F)cc1-c1cccc2c1OCC2. The van der Waals surface area contributed by atoms with Crippen LogP contribution in [-0.4, -0.2) is 6.61 Å². The van der Waals surface area contributed by atoms with Crippen molar-refractivity contribution >= 4 is 17.3 Å². The number of ether oxygens (including phenoxy) is 1. The van der Waals surface area contributed by atoms with Gasteiger partial charge in [0.1, 0.15) is 11.6 Å². The van der Waals surface area contributed by atoms with E-state index < -0.39 is 5.82 Å². The Balaban J connectivity index is 2.25. The zero-order chi connectivity index (χ0) is 12.7. The highest BCUT2D eigenvalue weighted by Gasteiger charge is 2.19. The second-order valence-electron chi connectivity index (χ2n) is 4.24. The highest BCUT2D eigenvalue weighted by atomic mass is 35.5. The van der Waals surface area contributed by atoms with E-state index in [9.17, 15) is 4.39 Å². The number of rotatable bonds is 1. The van der Waals surface area contributed by atoms with Crippen LogP contribution in [0.3, 0.4) is 0 Å². The van der Waals surface area contributed by atoms with Crippen molar-refractivity contribution in [2.24, 2.45) is 0 Å². The average Bonchev–Trinajstić information content (AvgIpc) is 2.81. The Morgan fingerprint density at radius 1 is 1.22 bits per heavy atom. The Bertz CT molecular complexity index is 627. The molecule has 0 aliphatic carbocycles. The summed E-state index contributed by atoms with van der Waals surface area (Å²) in [7, 11) is 0. The predicted molar refractivity (Wildman–Crippen MR) is 70.5 cm³/mol. The van der Waals surface area contributed by atoms with E-state index >= 15 is 0 Å². The molecule has 2 nitrogen and oxygen atoms in total. The van der Waals surface area contributed by atoms with Gasteiger partial charge in [0.05, 0.1) is 17.3 Å². The van der Waals surface area contributed by atoms with Crippen LogP contribution in [0.25, 0.3) is 11.1 Å². The first-order chi connectivity index (χ1) is 8.66. The molecule has 2 aromatic carbocycles. The van der Waals surface area contributed by atoms with Gasteiger partial charge >= 0.3 is 0 Å². The molecule has 0 spiro atoms. The molecule has 2 N–H and O–H groups in total. The first kappa shape index (κ1) is 11.4. The normalized spacial score (nSPS) is 13.2. The summed E-state index contributed by atoms with van der Waals surface area (Å²) in [5, 5.41) is 0.223. The number of nitrogens with two attached hydrogens (primary N) is 1. The molecule has 0 saturated carbocycles. The van der Waals surface area contributed by atoms with Crippen LogP contribution >= 0.6 is 11.6 Å². The molecule has 0 fully saturated rings. The molecule has 4 heteroatoms. The lowest BCUT2D eigenvalue weighted by atomic mass is 9.99. The molecule has 0 saturated heterocycles. The summed E-state index contributed by atoms with van der Waals surface area (Å²) in [6, 6.07) is 8.39. The van der Waals surface area contributed by atoms with E-state index in [0.717, 1.165) is 23.3 Å². The number of benzene rings is 2. The topological polar surface area (TPSA) is 35.2 Å². The van der Waals surface area contributed by atoms with Crippen molar-refractivity contribution in [1.29, 1.82) is 0 Å². The van der Waals surface area contributed by atoms with Crippen molar-refractivity contribution in [3.8, 4) is 16.9 Å². The van der Waals surface area contributed by atoms with Gasteiger partial charge in [-0.15, -0.1) is 0 Å². The van der Waals surface area contributed by atoms with E-state index in [1.54, 1.807) is 0 Å².